The first kappa shape index (κ1) is 35.6. The lowest BCUT2D eigenvalue weighted by molar-refractivity contribution is -0.138. The molecule has 0 heterocycles. The fourth-order valence-corrected chi connectivity index (χ4v) is 6.21. The first-order valence-electron chi connectivity index (χ1n) is 13.2. The SMILES string of the molecule is CC(C)(CS(=O)(=O)O)NC(=O)CC(COC(C)(C)CSCC(OC(C)(C)C)c1ccccc1)C(=O)C(C)(C)C. The highest BCUT2D eigenvalue weighted by Crippen LogP contribution is 2.30. The Balaban J connectivity index is 2.85. The summed E-state index contributed by atoms with van der Waals surface area (Å²) in [6, 6.07) is 10.1. The minimum absolute atomic E-state index is 0.0520. The molecule has 2 atom stereocenters. The van der Waals surface area contributed by atoms with Gasteiger partial charge in [-0.05, 0) is 54.0 Å². The maximum Gasteiger partial charge on any atom is 0.267 e. The Morgan fingerprint density at radius 2 is 1.54 bits per heavy atom. The minimum atomic E-state index is -4.29. The number of benzene rings is 1. The molecule has 1 aromatic carbocycles. The summed E-state index contributed by atoms with van der Waals surface area (Å²) in [5.41, 5.74) is -1.65. The van der Waals surface area contributed by atoms with Gasteiger partial charge in [-0.2, -0.15) is 20.2 Å². The molecule has 8 nitrogen and oxygen atoms in total. The molecule has 0 fully saturated rings. The van der Waals surface area contributed by atoms with Gasteiger partial charge < -0.3 is 14.8 Å². The number of thioether (sulfide) groups is 1. The Bertz CT molecular complexity index is 1040. The molecule has 0 aliphatic carbocycles. The number of amides is 1. The van der Waals surface area contributed by atoms with E-state index in [1.54, 1.807) is 32.5 Å². The molecule has 0 aromatic heterocycles. The fourth-order valence-electron chi connectivity index (χ4n) is 4.06. The number of ketones is 1. The van der Waals surface area contributed by atoms with Crippen LogP contribution in [0, 0.1) is 11.3 Å². The standard InChI is InChI=1S/C29H49NO7S2/c1-26(2,3)25(32)22(16-24(31)30-28(7,8)20-39(33,34)35)17-36-29(9,10)19-38-18-23(37-27(4,5)6)21-14-12-11-13-15-21/h11-15,22-23H,16-20H2,1-10H3,(H,30,31)(H,33,34,35). The molecule has 2 unspecified atom stereocenters. The maximum absolute atomic E-state index is 13.2. The van der Waals surface area contributed by atoms with E-state index >= 15 is 0 Å². The van der Waals surface area contributed by atoms with Crippen LogP contribution in [-0.4, -0.2) is 65.3 Å². The second-order valence-electron chi connectivity index (χ2n) is 13.4. The summed E-state index contributed by atoms with van der Waals surface area (Å²) < 4.78 is 44.3. The second-order valence-corrected chi connectivity index (χ2v) is 15.9. The van der Waals surface area contributed by atoms with Crippen molar-refractivity contribution < 1.29 is 32.0 Å². The molecule has 0 aliphatic heterocycles. The minimum Gasteiger partial charge on any atom is -0.374 e. The van der Waals surface area contributed by atoms with Crippen LogP contribution in [0.4, 0.5) is 0 Å². The van der Waals surface area contributed by atoms with Crippen LogP contribution in [-0.2, 0) is 29.2 Å². The van der Waals surface area contributed by atoms with Gasteiger partial charge in [-0.25, -0.2) is 0 Å². The van der Waals surface area contributed by atoms with Gasteiger partial charge in [-0.3, -0.25) is 14.1 Å². The van der Waals surface area contributed by atoms with Crippen molar-refractivity contribution in [3.8, 4) is 0 Å². The average Bonchev–Trinajstić information content (AvgIpc) is 2.72. The molecule has 0 radical (unpaired) electrons. The van der Waals surface area contributed by atoms with E-state index < -0.39 is 44.3 Å². The van der Waals surface area contributed by atoms with Gasteiger partial charge in [0.2, 0.25) is 5.91 Å². The largest absolute Gasteiger partial charge is 0.374 e. The van der Waals surface area contributed by atoms with Gasteiger partial charge in [0.05, 0.1) is 41.1 Å². The molecular weight excluding hydrogens is 538 g/mol. The Kier molecular flexibility index (Phi) is 12.7. The third-order valence-corrected chi connectivity index (χ3v) is 8.15. The van der Waals surface area contributed by atoms with E-state index in [0.29, 0.717) is 5.75 Å². The van der Waals surface area contributed by atoms with Crippen molar-refractivity contribution in [1.29, 1.82) is 0 Å². The van der Waals surface area contributed by atoms with Crippen LogP contribution >= 0.6 is 11.8 Å². The highest BCUT2D eigenvalue weighted by molar-refractivity contribution is 7.99. The summed E-state index contributed by atoms with van der Waals surface area (Å²) in [5.74, 6) is -0.564. The van der Waals surface area contributed by atoms with Gasteiger partial charge in [0.15, 0.2) is 0 Å². The van der Waals surface area contributed by atoms with Crippen LogP contribution in [0.15, 0.2) is 30.3 Å². The fraction of sp³-hybridized carbons (Fsp3) is 0.724. The molecule has 0 aliphatic rings. The molecule has 0 saturated heterocycles. The Morgan fingerprint density at radius 1 is 0.974 bits per heavy atom. The van der Waals surface area contributed by atoms with Gasteiger partial charge >= 0.3 is 0 Å². The van der Waals surface area contributed by atoms with Crippen molar-refractivity contribution in [1.82, 2.24) is 5.32 Å². The normalized spacial score (nSPS) is 15.1. The maximum atomic E-state index is 13.2. The summed E-state index contributed by atoms with van der Waals surface area (Å²) in [7, 11) is -4.29. The lowest BCUT2D eigenvalue weighted by Crippen LogP contribution is -2.49. The van der Waals surface area contributed by atoms with E-state index in [-0.39, 0.29) is 30.5 Å². The average molecular weight is 588 g/mol. The van der Waals surface area contributed by atoms with Crippen LogP contribution in [0.25, 0.3) is 0 Å². The summed E-state index contributed by atoms with van der Waals surface area (Å²) in [4.78, 5) is 26.0. The Morgan fingerprint density at radius 3 is 2.03 bits per heavy atom. The summed E-state index contributed by atoms with van der Waals surface area (Å²) in [6.07, 6.45) is -0.235. The van der Waals surface area contributed by atoms with Crippen molar-refractivity contribution in [2.75, 3.05) is 23.9 Å². The molecule has 39 heavy (non-hydrogen) atoms. The first-order valence-corrected chi connectivity index (χ1v) is 16.0. The van der Waals surface area contributed by atoms with Crippen molar-refractivity contribution in [2.24, 2.45) is 11.3 Å². The number of ether oxygens (including phenoxy) is 2. The molecular formula is C29H49NO7S2. The van der Waals surface area contributed by atoms with Crippen molar-refractivity contribution >= 4 is 33.6 Å². The zero-order chi connectivity index (χ0) is 30.3. The number of nitrogens with one attached hydrogen (secondary N) is 1. The van der Waals surface area contributed by atoms with E-state index in [0.717, 1.165) is 11.3 Å². The van der Waals surface area contributed by atoms with Crippen molar-refractivity contribution in [3.05, 3.63) is 35.9 Å². The molecule has 2 N–H and O–H groups in total. The van der Waals surface area contributed by atoms with E-state index in [2.05, 4.69) is 17.4 Å². The molecule has 224 valence electrons. The molecule has 1 aromatic rings. The molecule has 10 heteroatoms. The van der Waals surface area contributed by atoms with Gasteiger partial charge in [0.1, 0.15) is 5.78 Å². The monoisotopic (exact) mass is 587 g/mol. The van der Waals surface area contributed by atoms with Crippen LogP contribution in [0.2, 0.25) is 0 Å². The number of hydrogen-bond donors (Lipinski definition) is 2. The summed E-state index contributed by atoms with van der Waals surface area (Å²) >= 11 is 1.70. The topological polar surface area (TPSA) is 119 Å². The third-order valence-electron chi connectivity index (χ3n) is 5.62. The van der Waals surface area contributed by atoms with Crippen LogP contribution < -0.4 is 5.32 Å². The van der Waals surface area contributed by atoms with Gasteiger partial charge in [0.25, 0.3) is 10.1 Å². The highest BCUT2D eigenvalue weighted by atomic mass is 32.2. The number of carbonyl (C=O) groups excluding carboxylic acids is 2. The highest BCUT2D eigenvalue weighted by Gasteiger charge is 2.35. The second kappa shape index (κ2) is 13.9. The smallest absolute Gasteiger partial charge is 0.267 e. The van der Waals surface area contributed by atoms with Gasteiger partial charge in [-0.15, -0.1) is 0 Å². The van der Waals surface area contributed by atoms with E-state index in [1.165, 1.54) is 13.8 Å². The number of hydrogen-bond acceptors (Lipinski definition) is 7. The van der Waals surface area contributed by atoms with Crippen LogP contribution in [0.1, 0.15) is 87.3 Å². The van der Waals surface area contributed by atoms with Crippen LogP contribution in [0.3, 0.4) is 0 Å². The molecule has 1 rings (SSSR count). The Hall–Kier alpha value is -1.46. The van der Waals surface area contributed by atoms with E-state index in [9.17, 15) is 22.6 Å². The summed E-state index contributed by atoms with van der Waals surface area (Å²) in [5, 5.41) is 2.62. The molecule has 0 bridgehead atoms. The number of Topliss-reactive ketones (excluding diaryl/α,β-unsaturated/α-hetero) is 1. The van der Waals surface area contributed by atoms with E-state index in [1.807, 2.05) is 52.8 Å². The molecule has 1 amide bonds. The Labute approximate surface area is 240 Å². The van der Waals surface area contributed by atoms with Gasteiger partial charge in [-0.1, -0.05) is 51.1 Å². The van der Waals surface area contributed by atoms with E-state index in [4.69, 9.17) is 9.47 Å². The van der Waals surface area contributed by atoms with Crippen LogP contribution in [0.5, 0.6) is 0 Å². The summed E-state index contributed by atoms with van der Waals surface area (Å²) in [6.45, 7) is 18.5. The van der Waals surface area contributed by atoms with Crippen molar-refractivity contribution in [3.63, 3.8) is 0 Å². The third kappa shape index (κ3) is 15.2. The molecule has 0 saturated carbocycles. The molecule has 0 spiro atoms. The predicted octanol–water partition coefficient (Wildman–Crippen LogP) is 5.48. The lowest BCUT2D eigenvalue weighted by Gasteiger charge is -2.32. The first-order chi connectivity index (χ1) is 17.5. The predicted molar refractivity (Wildman–Crippen MR) is 159 cm³/mol. The quantitative estimate of drug-likeness (QED) is 0.259. The zero-order valence-corrected chi connectivity index (χ0v) is 26.9. The number of rotatable bonds is 15. The van der Waals surface area contributed by atoms with Gasteiger partial charge in [0, 0.05) is 23.3 Å². The van der Waals surface area contributed by atoms with Crippen molar-refractivity contribution in [2.45, 2.75) is 98.5 Å². The zero-order valence-electron chi connectivity index (χ0n) is 25.3. The lowest BCUT2D eigenvalue weighted by atomic mass is 9.81. The number of carbonyl (C=O) groups is 2.